The molecule has 6 heteroatoms. The van der Waals surface area contributed by atoms with Gasteiger partial charge in [-0.3, -0.25) is 0 Å². The molecule has 0 saturated heterocycles. The van der Waals surface area contributed by atoms with E-state index in [0.717, 1.165) is 0 Å². The van der Waals surface area contributed by atoms with Crippen LogP contribution in [-0.2, 0) is 35.8 Å². The van der Waals surface area contributed by atoms with Gasteiger partial charge in [-0.05, 0) is 0 Å². The first-order valence-corrected chi connectivity index (χ1v) is 1.77. The van der Waals surface area contributed by atoms with Gasteiger partial charge in [0, 0.05) is 38.4 Å². The van der Waals surface area contributed by atoms with E-state index in [-0.39, 0.29) is 32.4 Å². The van der Waals surface area contributed by atoms with Crippen molar-refractivity contribution in [2.75, 3.05) is 0 Å². The average Bonchev–Trinajstić information content (AvgIpc) is 1.61. The van der Waals surface area contributed by atoms with Crippen LogP contribution in [0.4, 0.5) is 0 Å². The van der Waals surface area contributed by atoms with Crippen LogP contribution in [0.3, 0.4) is 0 Å². The van der Waals surface area contributed by atoms with E-state index in [1.807, 2.05) is 0 Å². The summed E-state index contributed by atoms with van der Waals surface area (Å²) >= 11 is 0. The Hall–Kier alpha value is -0.477. The van der Waals surface area contributed by atoms with E-state index < -0.39 is 11.9 Å². The van der Waals surface area contributed by atoms with Gasteiger partial charge in [0.2, 0.25) is 0 Å². The monoisotopic (exact) mass is 223 g/mol. The van der Waals surface area contributed by atoms with E-state index in [1.54, 1.807) is 0 Å². The molecule has 5 nitrogen and oxygen atoms in total. The van der Waals surface area contributed by atoms with Gasteiger partial charge in [-0.1, -0.05) is 0 Å². The number of aliphatic carboxylic acids is 2. The molecular formula is C4H7NO4Zr. The summed E-state index contributed by atoms with van der Waals surface area (Å²) in [6.45, 7) is 0. The fraction of sp³-hybridized carbons (Fsp3) is 0. The normalized spacial score (nSPS) is 7.60. The number of carbonyl (C=O) groups is 2. The molecule has 0 aromatic rings. The first kappa shape index (κ1) is 16.3. The predicted molar refractivity (Wildman–Crippen MR) is 29.4 cm³/mol. The van der Waals surface area contributed by atoms with Crippen LogP contribution >= 0.6 is 0 Å². The predicted octanol–water partition coefficient (Wildman–Crippen LogP) is -0.129. The van der Waals surface area contributed by atoms with Crippen molar-refractivity contribution < 1.29 is 46.0 Å². The topological polar surface area (TPSA) is 110 Å². The third-order valence-electron chi connectivity index (χ3n) is 0.368. The summed E-state index contributed by atoms with van der Waals surface area (Å²) in [6.07, 6.45) is 1.12. The molecule has 0 spiro atoms. The SMILES string of the molecule is N.O=C(O)C=CC(=O)O.[Zr]. The summed E-state index contributed by atoms with van der Waals surface area (Å²) in [7, 11) is 0. The van der Waals surface area contributed by atoms with Crippen LogP contribution in [0.15, 0.2) is 12.2 Å². The summed E-state index contributed by atoms with van der Waals surface area (Å²) in [5.41, 5.74) is 0. The molecule has 0 aliphatic rings. The fourth-order valence-corrected chi connectivity index (χ4v) is 0.143. The van der Waals surface area contributed by atoms with Gasteiger partial charge in [0.15, 0.2) is 0 Å². The van der Waals surface area contributed by atoms with Crippen molar-refractivity contribution in [1.82, 2.24) is 6.15 Å². The van der Waals surface area contributed by atoms with Gasteiger partial charge < -0.3 is 16.4 Å². The molecule has 0 bridgehead atoms. The van der Waals surface area contributed by atoms with E-state index in [0.29, 0.717) is 12.2 Å². The Morgan fingerprint density at radius 3 is 1.30 bits per heavy atom. The molecule has 0 aromatic heterocycles. The average molecular weight is 224 g/mol. The molecule has 0 aliphatic carbocycles. The Morgan fingerprint density at radius 1 is 1.00 bits per heavy atom. The maximum absolute atomic E-state index is 9.55. The fourth-order valence-electron chi connectivity index (χ4n) is 0.143. The number of carboxylic acids is 2. The largest absolute Gasteiger partial charge is 0.478 e. The Morgan fingerprint density at radius 2 is 1.20 bits per heavy atom. The van der Waals surface area contributed by atoms with Gasteiger partial charge in [0.25, 0.3) is 0 Å². The van der Waals surface area contributed by atoms with Gasteiger partial charge >= 0.3 is 11.9 Å². The molecule has 0 aromatic carbocycles. The smallest absolute Gasteiger partial charge is 0.328 e. The van der Waals surface area contributed by atoms with Crippen molar-refractivity contribution in [2.45, 2.75) is 0 Å². The molecule has 0 fully saturated rings. The van der Waals surface area contributed by atoms with E-state index in [1.165, 1.54) is 0 Å². The minimum atomic E-state index is -1.26. The molecular weight excluding hydrogens is 217 g/mol. The van der Waals surface area contributed by atoms with E-state index in [9.17, 15) is 9.59 Å². The second kappa shape index (κ2) is 8.52. The van der Waals surface area contributed by atoms with Crippen molar-refractivity contribution >= 4 is 11.9 Å². The quantitative estimate of drug-likeness (QED) is 0.566. The molecule has 0 heterocycles. The van der Waals surface area contributed by atoms with Gasteiger partial charge in [0.05, 0.1) is 0 Å². The second-order valence-corrected chi connectivity index (χ2v) is 1.01. The summed E-state index contributed by atoms with van der Waals surface area (Å²) < 4.78 is 0. The maximum Gasteiger partial charge on any atom is 0.328 e. The van der Waals surface area contributed by atoms with Crippen LogP contribution in [0.1, 0.15) is 0 Å². The minimum Gasteiger partial charge on any atom is -0.478 e. The van der Waals surface area contributed by atoms with E-state index in [2.05, 4.69) is 0 Å². The van der Waals surface area contributed by atoms with Crippen LogP contribution in [0.2, 0.25) is 0 Å². The van der Waals surface area contributed by atoms with E-state index >= 15 is 0 Å². The van der Waals surface area contributed by atoms with Gasteiger partial charge in [-0.15, -0.1) is 0 Å². The number of rotatable bonds is 2. The first-order chi connectivity index (χ1) is 3.63. The summed E-state index contributed by atoms with van der Waals surface area (Å²) in [5.74, 6) is -2.51. The number of hydrogen-bond donors (Lipinski definition) is 3. The number of carboxylic acid groups (broad SMARTS) is 2. The zero-order valence-corrected chi connectivity index (χ0v) is 7.53. The second-order valence-electron chi connectivity index (χ2n) is 1.01. The molecule has 0 amide bonds. The minimum absolute atomic E-state index is 0. The van der Waals surface area contributed by atoms with Crippen LogP contribution < -0.4 is 6.15 Å². The summed E-state index contributed by atoms with van der Waals surface area (Å²) in [5, 5.41) is 15.6. The van der Waals surface area contributed by atoms with Crippen molar-refractivity contribution in [2.24, 2.45) is 0 Å². The van der Waals surface area contributed by atoms with Crippen molar-refractivity contribution in [3.05, 3.63) is 12.2 Å². The third kappa shape index (κ3) is 15.6. The van der Waals surface area contributed by atoms with Crippen molar-refractivity contribution in [3.63, 3.8) is 0 Å². The Bertz CT molecular complexity index is 128. The van der Waals surface area contributed by atoms with E-state index in [4.69, 9.17) is 10.2 Å². The summed E-state index contributed by atoms with van der Waals surface area (Å²) in [6, 6.07) is 0. The Balaban J connectivity index is -0.000000245. The maximum atomic E-state index is 9.55. The van der Waals surface area contributed by atoms with Crippen molar-refractivity contribution in [3.8, 4) is 0 Å². The Labute approximate surface area is 76.4 Å². The number of hydrogen-bond acceptors (Lipinski definition) is 3. The van der Waals surface area contributed by atoms with Gasteiger partial charge in [-0.2, -0.15) is 0 Å². The third-order valence-corrected chi connectivity index (χ3v) is 0.368. The Kier molecular flexibility index (Phi) is 13.9. The molecule has 0 radical (unpaired) electrons. The van der Waals surface area contributed by atoms with Gasteiger partial charge in [-0.25, -0.2) is 9.59 Å². The molecule has 0 unspecified atom stereocenters. The first-order valence-electron chi connectivity index (χ1n) is 1.77. The van der Waals surface area contributed by atoms with Crippen LogP contribution in [0.25, 0.3) is 0 Å². The molecule has 0 atom stereocenters. The van der Waals surface area contributed by atoms with Crippen LogP contribution in [-0.4, -0.2) is 22.2 Å². The van der Waals surface area contributed by atoms with Gasteiger partial charge in [0.1, 0.15) is 0 Å². The zero-order chi connectivity index (χ0) is 6.57. The van der Waals surface area contributed by atoms with Crippen LogP contribution in [0.5, 0.6) is 0 Å². The standard InChI is InChI=1S/C4H4O4.H3N.Zr/c5-3(6)1-2-4(7)8;;/h1-2H,(H,5,6)(H,7,8);1H3;. The zero-order valence-electron chi connectivity index (χ0n) is 5.07. The molecule has 56 valence electrons. The summed E-state index contributed by atoms with van der Waals surface area (Å²) in [4.78, 5) is 19.1. The molecule has 0 saturated carbocycles. The molecule has 5 N–H and O–H groups in total. The molecule has 0 aliphatic heterocycles. The van der Waals surface area contributed by atoms with Crippen LogP contribution in [0, 0.1) is 0 Å². The molecule has 10 heavy (non-hydrogen) atoms. The molecule has 0 rings (SSSR count). The van der Waals surface area contributed by atoms with Crippen molar-refractivity contribution in [1.29, 1.82) is 0 Å².